The van der Waals surface area contributed by atoms with Gasteiger partial charge in [-0.25, -0.2) is 0 Å². The predicted octanol–water partition coefficient (Wildman–Crippen LogP) is 5.63. The van der Waals surface area contributed by atoms with Crippen molar-refractivity contribution in [3.8, 4) is 0 Å². The van der Waals surface area contributed by atoms with Crippen molar-refractivity contribution in [2.75, 3.05) is 0 Å². The fourth-order valence-corrected chi connectivity index (χ4v) is 2.06. The van der Waals surface area contributed by atoms with Gasteiger partial charge in [-0.15, -0.1) is 12.6 Å². The molecule has 16 heteroatoms. The van der Waals surface area contributed by atoms with Crippen LogP contribution in [-0.2, 0) is 0 Å². The first-order chi connectivity index (χ1) is 9.67. The molecule has 23 heavy (non-hydrogen) atoms. The van der Waals surface area contributed by atoms with Crippen LogP contribution >= 0.6 is 36.6 Å². The van der Waals surface area contributed by atoms with E-state index in [0.29, 0.717) is 0 Å². The monoisotopic (exact) mass is 428 g/mol. The summed E-state index contributed by atoms with van der Waals surface area (Å²) in [5.74, 6) is -30.8. The smallest absolute Gasteiger partial charge is 0.192 e. The van der Waals surface area contributed by atoms with Crippen molar-refractivity contribution >= 4 is 40.1 Å². The first-order valence-electron chi connectivity index (χ1n) is 4.54. The van der Waals surface area contributed by atoms with E-state index < -0.39 is 50.4 Å². The maximum absolute atomic E-state index is 13.0. The van der Waals surface area contributed by atoms with Crippen LogP contribution < -0.4 is 0 Å². The number of alkyl halides is 13. The molecule has 138 valence electrons. The van der Waals surface area contributed by atoms with Crippen molar-refractivity contribution in [1.82, 2.24) is 0 Å². The van der Waals surface area contributed by atoms with Crippen LogP contribution in [0.15, 0.2) is 0 Å². The van der Waals surface area contributed by atoms with E-state index in [2.05, 4.69) is 24.8 Å². The first-order valence-corrected chi connectivity index (χ1v) is 6.21. The molecule has 0 nitrogen and oxygen atoms in total. The van der Waals surface area contributed by atoms with Crippen LogP contribution in [0.3, 0.4) is 0 Å². The fraction of sp³-hybridized carbons (Fsp3) is 0.857. The Bertz CT molecular complexity index is 465. The summed E-state index contributed by atoms with van der Waals surface area (Å²) >= 11 is 4.83. The average molecular weight is 428 g/mol. The van der Waals surface area contributed by atoms with Crippen LogP contribution in [0.5, 0.6) is 0 Å². The molecule has 0 aliphatic heterocycles. The van der Waals surface area contributed by atoms with E-state index in [4.69, 9.17) is 0 Å². The summed E-state index contributed by atoms with van der Waals surface area (Å²) in [5, 5.41) is -6.26. The van der Waals surface area contributed by atoms with E-state index in [1.165, 1.54) is 0 Å². The Kier molecular flexibility index (Phi) is 5.97. The van der Waals surface area contributed by atoms with Gasteiger partial charge in [0.05, 0.1) is 0 Å². The Morgan fingerprint density at radius 3 is 1.17 bits per heavy atom. The second-order valence-corrected chi connectivity index (χ2v) is 6.52. The van der Waals surface area contributed by atoms with Crippen LogP contribution in [0, 0.1) is 0 Å². The Morgan fingerprint density at radius 2 is 0.913 bits per heavy atom. The molecule has 0 atom stereocenters. The highest BCUT2D eigenvalue weighted by Crippen LogP contribution is 2.62. The standard InChI is InChI=1S/C7HF13S3/c8-2(9,4(12,13)6(16,17)18)3(10,11)5(14,15)7(19,20)23-1(21)22/h(H,21,22). The number of rotatable bonds is 5. The lowest BCUT2D eigenvalue weighted by Crippen LogP contribution is -2.69. The van der Waals surface area contributed by atoms with E-state index in [1.54, 1.807) is 0 Å². The minimum Gasteiger partial charge on any atom is -0.192 e. The molecule has 0 bridgehead atoms. The molecule has 0 aromatic rings. The Morgan fingerprint density at radius 1 is 0.609 bits per heavy atom. The Labute approximate surface area is 133 Å². The molecule has 0 rings (SSSR count). The summed E-state index contributed by atoms with van der Waals surface area (Å²) < 4.78 is 162. The number of hydrogen-bond acceptors (Lipinski definition) is 2. The van der Waals surface area contributed by atoms with Gasteiger partial charge in [-0.1, -0.05) is 12.2 Å². The molecule has 0 spiro atoms. The molecular formula is C7HF13S3. The van der Waals surface area contributed by atoms with Crippen molar-refractivity contribution in [3.63, 3.8) is 0 Å². The van der Waals surface area contributed by atoms with Crippen molar-refractivity contribution in [2.24, 2.45) is 0 Å². The molecule has 0 saturated carbocycles. The lowest BCUT2D eigenvalue weighted by molar-refractivity contribution is -0.433. The topological polar surface area (TPSA) is 0 Å². The van der Waals surface area contributed by atoms with Crippen LogP contribution in [0.2, 0.25) is 0 Å². The molecular weight excluding hydrogens is 427 g/mol. The highest BCUT2D eigenvalue weighted by atomic mass is 32.2. The van der Waals surface area contributed by atoms with Gasteiger partial charge < -0.3 is 0 Å². The SMILES string of the molecule is FC(F)(F)C(F)(F)C(F)(F)C(F)(F)C(F)(F)C(F)(F)SC(=S)S. The summed E-state index contributed by atoms with van der Waals surface area (Å²) in [6.07, 6.45) is -7.42. The summed E-state index contributed by atoms with van der Waals surface area (Å²) in [5.41, 5.74) is 0. The second-order valence-electron chi connectivity index (χ2n) is 3.68. The van der Waals surface area contributed by atoms with Crippen LogP contribution in [0.1, 0.15) is 0 Å². The highest BCUT2D eigenvalue weighted by Gasteiger charge is 2.90. The van der Waals surface area contributed by atoms with E-state index in [1.807, 2.05) is 0 Å². The number of halogens is 13. The average Bonchev–Trinajstić information content (AvgIpc) is 2.24. The molecule has 0 amide bonds. The third-order valence-electron chi connectivity index (χ3n) is 2.12. The Balaban J connectivity index is 6.19. The molecule has 0 heterocycles. The van der Waals surface area contributed by atoms with Gasteiger partial charge in [0.2, 0.25) is 0 Å². The van der Waals surface area contributed by atoms with E-state index in [-0.39, 0.29) is 0 Å². The first kappa shape index (κ1) is 22.9. The third kappa shape index (κ3) is 3.48. The van der Waals surface area contributed by atoms with Crippen molar-refractivity contribution in [2.45, 2.75) is 35.1 Å². The minimum absolute atomic E-state index is 1.49. The second kappa shape index (κ2) is 6.00. The fourth-order valence-electron chi connectivity index (χ4n) is 0.929. The van der Waals surface area contributed by atoms with E-state index in [9.17, 15) is 57.1 Å². The van der Waals surface area contributed by atoms with Gasteiger partial charge in [0, 0.05) is 0 Å². The maximum Gasteiger partial charge on any atom is 0.460 e. The van der Waals surface area contributed by atoms with Crippen molar-refractivity contribution in [1.29, 1.82) is 0 Å². The lowest BCUT2D eigenvalue weighted by atomic mass is 9.98. The molecule has 0 aliphatic carbocycles. The molecule has 0 N–H and O–H groups in total. The van der Waals surface area contributed by atoms with Gasteiger partial charge in [-0.05, 0) is 11.8 Å². The van der Waals surface area contributed by atoms with Crippen LogP contribution in [0.4, 0.5) is 57.1 Å². The molecule has 0 unspecified atom stereocenters. The van der Waals surface area contributed by atoms with Crippen LogP contribution in [0.25, 0.3) is 0 Å². The summed E-state index contributed by atoms with van der Waals surface area (Å²) in [6.45, 7) is 0. The van der Waals surface area contributed by atoms with Gasteiger partial charge in [-0.3, -0.25) is 0 Å². The minimum atomic E-state index is -7.90. The molecule has 0 saturated heterocycles. The lowest BCUT2D eigenvalue weighted by Gasteiger charge is -2.39. The largest absolute Gasteiger partial charge is 0.460 e. The van der Waals surface area contributed by atoms with Crippen molar-refractivity contribution < 1.29 is 57.1 Å². The molecule has 0 aliphatic rings. The normalized spacial score (nSPS) is 15.7. The maximum atomic E-state index is 13.0. The van der Waals surface area contributed by atoms with E-state index >= 15 is 0 Å². The number of thiocarbonyl (C=S) groups is 1. The molecule has 0 fully saturated rings. The summed E-state index contributed by atoms with van der Waals surface area (Å²) in [7, 11) is 0. The molecule has 0 radical (unpaired) electrons. The van der Waals surface area contributed by atoms with Gasteiger partial charge in [0.1, 0.15) is 3.53 Å². The molecule has 0 aromatic heterocycles. The van der Waals surface area contributed by atoms with Crippen molar-refractivity contribution in [3.05, 3.63) is 0 Å². The van der Waals surface area contributed by atoms with Gasteiger partial charge in [-0.2, -0.15) is 57.1 Å². The van der Waals surface area contributed by atoms with E-state index in [0.717, 1.165) is 0 Å². The predicted molar refractivity (Wildman–Crippen MR) is 60.0 cm³/mol. The summed E-state index contributed by atoms with van der Waals surface area (Å²) in [4.78, 5) is 0. The molecule has 0 aromatic carbocycles. The van der Waals surface area contributed by atoms with Gasteiger partial charge in [0.25, 0.3) is 0 Å². The Hall–Kier alpha value is -0.120. The number of hydrogen-bond donors (Lipinski definition) is 1. The zero-order valence-electron chi connectivity index (χ0n) is 9.68. The third-order valence-corrected chi connectivity index (χ3v) is 3.33. The number of thiol groups is 1. The highest BCUT2D eigenvalue weighted by molar-refractivity contribution is 8.42. The summed E-state index contributed by atoms with van der Waals surface area (Å²) in [6, 6.07) is 0. The zero-order valence-corrected chi connectivity index (χ0v) is 12.2. The quantitative estimate of drug-likeness (QED) is 0.343. The van der Waals surface area contributed by atoms with Crippen LogP contribution in [-0.4, -0.2) is 38.6 Å². The van der Waals surface area contributed by atoms with Gasteiger partial charge in [0.15, 0.2) is 0 Å². The van der Waals surface area contributed by atoms with Gasteiger partial charge >= 0.3 is 35.1 Å². The number of thioether (sulfide) groups is 1. The zero-order chi connectivity index (χ0) is 19.3.